The number of benzene rings is 2. The zero-order valence-electron chi connectivity index (χ0n) is 16.2. The Morgan fingerprint density at radius 2 is 1.70 bits per heavy atom. The van der Waals surface area contributed by atoms with Gasteiger partial charge in [0.25, 0.3) is 5.91 Å². The summed E-state index contributed by atoms with van der Waals surface area (Å²) in [7, 11) is 0. The van der Waals surface area contributed by atoms with Crippen LogP contribution in [0.2, 0.25) is 5.02 Å². The van der Waals surface area contributed by atoms with Crippen LogP contribution in [0.25, 0.3) is 0 Å². The van der Waals surface area contributed by atoms with E-state index in [0.29, 0.717) is 67.2 Å². The van der Waals surface area contributed by atoms with Crippen molar-refractivity contribution in [1.82, 2.24) is 9.80 Å². The highest BCUT2D eigenvalue weighted by Gasteiger charge is 2.25. The highest BCUT2D eigenvalue weighted by molar-refractivity contribution is 9.10. The molecule has 2 aromatic rings. The highest BCUT2D eigenvalue weighted by atomic mass is 79.9. The van der Waals surface area contributed by atoms with Crippen molar-refractivity contribution in [3.8, 4) is 11.5 Å². The Kier molecular flexibility index (Phi) is 6.46. The molecule has 2 heterocycles. The summed E-state index contributed by atoms with van der Waals surface area (Å²) in [5, 5.41) is 3.37. The summed E-state index contributed by atoms with van der Waals surface area (Å²) < 4.78 is 11.8. The van der Waals surface area contributed by atoms with Crippen LogP contribution in [0, 0.1) is 0 Å². The van der Waals surface area contributed by atoms with Gasteiger partial charge in [0.05, 0.1) is 22.8 Å². The second kappa shape index (κ2) is 9.24. The number of carbonyl (C=O) groups is 2. The zero-order valence-corrected chi connectivity index (χ0v) is 18.5. The van der Waals surface area contributed by atoms with Gasteiger partial charge in [0, 0.05) is 42.8 Å². The van der Waals surface area contributed by atoms with Gasteiger partial charge in [0.15, 0.2) is 11.5 Å². The molecule has 2 aliphatic rings. The molecule has 1 saturated heterocycles. The summed E-state index contributed by atoms with van der Waals surface area (Å²) in [6, 6.07) is 10.6. The minimum atomic E-state index is -0.127. The summed E-state index contributed by atoms with van der Waals surface area (Å²) in [6.45, 7) is 3.57. The smallest absolute Gasteiger partial charge is 0.255 e. The summed E-state index contributed by atoms with van der Waals surface area (Å²) in [4.78, 5) is 29.0. The van der Waals surface area contributed by atoms with E-state index in [4.69, 9.17) is 21.1 Å². The van der Waals surface area contributed by atoms with E-state index in [1.807, 2.05) is 4.90 Å². The first-order valence-electron chi connectivity index (χ1n) is 9.66. The molecule has 0 radical (unpaired) electrons. The standard InChI is InChI=1S/C21H21BrClN3O4/c22-15-11-18-19(30-10-9-29-18)12-17(15)24-20(27)13-25-5-7-26(8-6-25)21(28)14-3-1-2-4-16(14)23/h1-4,11-12H,5-10,13H2,(H,24,27). The molecule has 2 amide bonds. The van der Waals surface area contributed by atoms with Crippen molar-refractivity contribution in [3.05, 3.63) is 51.5 Å². The van der Waals surface area contributed by atoms with Crippen molar-refractivity contribution in [1.29, 1.82) is 0 Å². The van der Waals surface area contributed by atoms with E-state index >= 15 is 0 Å². The molecule has 2 aliphatic heterocycles. The van der Waals surface area contributed by atoms with E-state index in [1.54, 1.807) is 41.3 Å². The number of nitrogens with one attached hydrogen (secondary N) is 1. The molecule has 0 aromatic heterocycles. The maximum atomic E-state index is 12.7. The molecule has 1 fully saturated rings. The van der Waals surface area contributed by atoms with E-state index in [2.05, 4.69) is 21.2 Å². The lowest BCUT2D eigenvalue weighted by atomic mass is 10.2. The molecular weight excluding hydrogens is 474 g/mol. The molecule has 7 nitrogen and oxygen atoms in total. The van der Waals surface area contributed by atoms with Gasteiger partial charge in [-0.2, -0.15) is 0 Å². The largest absolute Gasteiger partial charge is 0.486 e. The minimum absolute atomic E-state index is 0.0788. The van der Waals surface area contributed by atoms with Crippen molar-refractivity contribution in [2.75, 3.05) is 51.3 Å². The molecule has 0 atom stereocenters. The topological polar surface area (TPSA) is 71.1 Å². The van der Waals surface area contributed by atoms with Gasteiger partial charge >= 0.3 is 0 Å². The second-order valence-corrected chi connectivity index (χ2v) is 8.33. The normalized spacial score (nSPS) is 16.3. The lowest BCUT2D eigenvalue weighted by Gasteiger charge is -2.34. The zero-order chi connectivity index (χ0) is 21.1. The summed E-state index contributed by atoms with van der Waals surface area (Å²) in [6.07, 6.45) is 0. The SMILES string of the molecule is O=C(CN1CCN(C(=O)c2ccccc2Cl)CC1)Nc1cc2c(cc1Br)OCCO2. The highest BCUT2D eigenvalue weighted by Crippen LogP contribution is 2.38. The number of halogens is 2. The van der Waals surface area contributed by atoms with Crippen LogP contribution in [-0.4, -0.2) is 67.6 Å². The number of anilines is 1. The molecule has 0 aliphatic carbocycles. The fourth-order valence-electron chi connectivity index (χ4n) is 3.47. The third kappa shape index (κ3) is 4.71. The van der Waals surface area contributed by atoms with E-state index in [9.17, 15) is 9.59 Å². The van der Waals surface area contributed by atoms with Gasteiger partial charge in [-0.1, -0.05) is 23.7 Å². The first kappa shape index (κ1) is 21.0. The molecule has 9 heteroatoms. The average Bonchev–Trinajstić information content (AvgIpc) is 2.74. The first-order chi connectivity index (χ1) is 14.5. The molecule has 1 N–H and O–H groups in total. The minimum Gasteiger partial charge on any atom is -0.486 e. The fourth-order valence-corrected chi connectivity index (χ4v) is 4.10. The van der Waals surface area contributed by atoms with Crippen molar-refractivity contribution in [2.24, 2.45) is 0 Å². The number of fused-ring (bicyclic) bond motifs is 1. The van der Waals surface area contributed by atoms with Crippen LogP contribution >= 0.6 is 27.5 Å². The van der Waals surface area contributed by atoms with Crippen molar-refractivity contribution < 1.29 is 19.1 Å². The maximum absolute atomic E-state index is 12.7. The Morgan fingerprint density at radius 1 is 1.03 bits per heavy atom. The lowest BCUT2D eigenvalue weighted by Crippen LogP contribution is -2.50. The Hall–Kier alpha value is -2.29. The molecule has 158 valence electrons. The van der Waals surface area contributed by atoms with E-state index < -0.39 is 0 Å². The molecule has 2 aromatic carbocycles. The predicted octanol–water partition coefficient (Wildman–Crippen LogP) is 3.27. The van der Waals surface area contributed by atoms with Crippen LogP contribution in [0.1, 0.15) is 10.4 Å². The second-order valence-electron chi connectivity index (χ2n) is 7.07. The Bertz CT molecular complexity index is 963. The van der Waals surface area contributed by atoms with Crippen LogP contribution in [0.5, 0.6) is 11.5 Å². The van der Waals surface area contributed by atoms with Crippen LogP contribution in [0.15, 0.2) is 40.9 Å². The molecule has 0 saturated carbocycles. The van der Waals surface area contributed by atoms with E-state index in [-0.39, 0.29) is 18.4 Å². The molecule has 4 rings (SSSR count). The summed E-state index contributed by atoms with van der Waals surface area (Å²) in [5.41, 5.74) is 1.14. The fraction of sp³-hybridized carbons (Fsp3) is 0.333. The molecule has 0 spiro atoms. The number of ether oxygens (including phenoxy) is 2. The summed E-state index contributed by atoms with van der Waals surface area (Å²) >= 11 is 9.60. The van der Waals surface area contributed by atoms with Gasteiger partial charge in [-0.05, 0) is 28.1 Å². The Balaban J connectivity index is 1.31. The van der Waals surface area contributed by atoms with Gasteiger partial charge in [-0.15, -0.1) is 0 Å². The Labute approximate surface area is 188 Å². The van der Waals surface area contributed by atoms with Gasteiger partial charge in [0.2, 0.25) is 5.91 Å². The number of piperazine rings is 1. The van der Waals surface area contributed by atoms with Gasteiger partial charge in [0.1, 0.15) is 13.2 Å². The van der Waals surface area contributed by atoms with Crippen molar-refractivity contribution in [2.45, 2.75) is 0 Å². The number of hydrogen-bond acceptors (Lipinski definition) is 5. The number of hydrogen-bond donors (Lipinski definition) is 1. The molecule has 0 bridgehead atoms. The third-order valence-electron chi connectivity index (χ3n) is 5.04. The van der Waals surface area contributed by atoms with Crippen LogP contribution < -0.4 is 14.8 Å². The van der Waals surface area contributed by atoms with Crippen LogP contribution in [0.3, 0.4) is 0 Å². The van der Waals surface area contributed by atoms with E-state index in [0.717, 1.165) is 4.47 Å². The van der Waals surface area contributed by atoms with Gasteiger partial charge in [-0.3, -0.25) is 14.5 Å². The Morgan fingerprint density at radius 3 is 2.40 bits per heavy atom. The quantitative estimate of drug-likeness (QED) is 0.706. The average molecular weight is 495 g/mol. The molecule has 30 heavy (non-hydrogen) atoms. The van der Waals surface area contributed by atoms with Crippen LogP contribution in [-0.2, 0) is 4.79 Å². The number of amides is 2. The summed E-state index contributed by atoms with van der Waals surface area (Å²) in [5.74, 6) is 1.07. The number of nitrogens with zero attached hydrogens (tertiary/aromatic N) is 2. The maximum Gasteiger partial charge on any atom is 0.255 e. The van der Waals surface area contributed by atoms with Crippen molar-refractivity contribution in [3.63, 3.8) is 0 Å². The monoisotopic (exact) mass is 493 g/mol. The van der Waals surface area contributed by atoms with Crippen LogP contribution in [0.4, 0.5) is 5.69 Å². The third-order valence-corrected chi connectivity index (χ3v) is 6.02. The molecule has 0 unspecified atom stereocenters. The van der Waals surface area contributed by atoms with Gasteiger partial charge < -0.3 is 19.7 Å². The predicted molar refractivity (Wildman–Crippen MR) is 118 cm³/mol. The number of rotatable bonds is 4. The first-order valence-corrected chi connectivity index (χ1v) is 10.8. The van der Waals surface area contributed by atoms with E-state index in [1.165, 1.54) is 0 Å². The molecular formula is C21H21BrClN3O4. The lowest BCUT2D eigenvalue weighted by molar-refractivity contribution is -0.117. The number of carbonyl (C=O) groups excluding carboxylic acids is 2. The van der Waals surface area contributed by atoms with Crippen molar-refractivity contribution >= 4 is 45.0 Å². The van der Waals surface area contributed by atoms with Gasteiger partial charge in [-0.25, -0.2) is 0 Å².